The van der Waals surface area contributed by atoms with Crippen molar-refractivity contribution in [2.45, 2.75) is 19.3 Å². The molecule has 0 fully saturated rings. The minimum atomic E-state index is -0.00872. The van der Waals surface area contributed by atoms with E-state index < -0.39 is 0 Å². The van der Waals surface area contributed by atoms with E-state index in [4.69, 9.17) is 23.8 Å². The number of hydrogen-bond donors (Lipinski definition) is 0. The minimum absolute atomic E-state index is 0.00872. The lowest BCUT2D eigenvalue weighted by atomic mass is 9.82. The lowest BCUT2D eigenvalue weighted by Crippen LogP contribution is -2.14. The van der Waals surface area contributed by atoms with Crippen molar-refractivity contribution in [3.63, 3.8) is 0 Å². The van der Waals surface area contributed by atoms with Gasteiger partial charge in [-0.05, 0) is 87.0 Å². The molecule has 1 aliphatic rings. The Morgan fingerprint density at radius 3 is 1.76 bits per heavy atom. The maximum Gasteiger partial charge on any atom is 0.164 e. The van der Waals surface area contributed by atoms with E-state index in [9.17, 15) is 0 Å². The predicted molar refractivity (Wildman–Crippen MR) is 239 cm³/mol. The summed E-state index contributed by atoms with van der Waals surface area (Å²) in [6, 6.07) is 61.5. The van der Waals surface area contributed by atoms with Crippen molar-refractivity contribution < 1.29 is 8.83 Å². The third-order valence-corrected chi connectivity index (χ3v) is 12.2. The van der Waals surface area contributed by atoms with Crippen LogP contribution in [0.4, 0.5) is 0 Å². The summed E-state index contributed by atoms with van der Waals surface area (Å²) in [4.78, 5) is 15.3. The molecule has 59 heavy (non-hydrogen) atoms. The highest BCUT2D eigenvalue weighted by atomic mass is 16.3. The van der Waals surface area contributed by atoms with Gasteiger partial charge in [0.2, 0.25) is 0 Å². The van der Waals surface area contributed by atoms with Crippen LogP contribution in [0.15, 0.2) is 185 Å². The Bertz CT molecular complexity index is 3470. The minimum Gasteiger partial charge on any atom is -0.456 e. The maximum atomic E-state index is 6.48. The Labute approximate surface area is 340 Å². The second-order valence-corrected chi connectivity index (χ2v) is 16.0. The van der Waals surface area contributed by atoms with Gasteiger partial charge in [0.15, 0.2) is 17.5 Å². The SMILES string of the molecule is CC1(C)c2ccccc2-c2cc(-c3ccc(-c4ccc5oc6cccc(-c7nc(-c8ccccc8)nc(-c8ccc9c(c8)oc8ccccc89)n7)c6c5c4)cc3)ccc21. The van der Waals surface area contributed by atoms with Gasteiger partial charge in [0.1, 0.15) is 22.3 Å². The molecule has 3 aromatic heterocycles. The van der Waals surface area contributed by atoms with Crippen LogP contribution in [0.3, 0.4) is 0 Å². The summed E-state index contributed by atoms with van der Waals surface area (Å²) in [5.41, 5.74) is 15.9. The summed E-state index contributed by atoms with van der Waals surface area (Å²) in [5.74, 6) is 1.73. The van der Waals surface area contributed by atoms with Crippen LogP contribution in [0.2, 0.25) is 0 Å². The molecule has 0 spiro atoms. The first kappa shape index (κ1) is 33.5. The van der Waals surface area contributed by atoms with Crippen LogP contribution in [0, 0.1) is 0 Å². The Kier molecular flexibility index (Phi) is 7.20. The van der Waals surface area contributed by atoms with Gasteiger partial charge in [0.25, 0.3) is 0 Å². The summed E-state index contributed by atoms with van der Waals surface area (Å²) in [6.45, 7) is 4.64. The van der Waals surface area contributed by atoms with Crippen LogP contribution in [-0.2, 0) is 5.41 Å². The van der Waals surface area contributed by atoms with Crippen LogP contribution in [0.25, 0.3) is 111 Å². The van der Waals surface area contributed by atoms with Gasteiger partial charge in [-0.2, -0.15) is 0 Å². The van der Waals surface area contributed by atoms with Gasteiger partial charge >= 0.3 is 0 Å². The van der Waals surface area contributed by atoms with Gasteiger partial charge in [-0.3, -0.25) is 0 Å². The molecule has 0 N–H and O–H groups in total. The summed E-state index contributed by atoms with van der Waals surface area (Å²) in [5, 5.41) is 4.11. The molecule has 0 bridgehead atoms. The Morgan fingerprint density at radius 1 is 0.339 bits per heavy atom. The number of para-hydroxylation sites is 1. The first-order valence-corrected chi connectivity index (χ1v) is 20.0. The fourth-order valence-corrected chi connectivity index (χ4v) is 9.15. The lowest BCUT2D eigenvalue weighted by Gasteiger charge is -2.21. The molecule has 0 saturated carbocycles. The number of hydrogen-bond acceptors (Lipinski definition) is 5. The molecule has 0 saturated heterocycles. The van der Waals surface area contributed by atoms with E-state index in [1.807, 2.05) is 66.7 Å². The fourth-order valence-electron chi connectivity index (χ4n) is 9.15. The number of furan rings is 2. The topological polar surface area (TPSA) is 65.0 Å². The third-order valence-electron chi connectivity index (χ3n) is 12.2. The highest BCUT2D eigenvalue weighted by Gasteiger charge is 2.35. The van der Waals surface area contributed by atoms with E-state index in [1.165, 1.54) is 33.4 Å². The molecule has 5 heteroatoms. The van der Waals surface area contributed by atoms with Crippen LogP contribution in [0.5, 0.6) is 0 Å². The maximum absolute atomic E-state index is 6.48. The van der Waals surface area contributed by atoms with E-state index >= 15 is 0 Å². The van der Waals surface area contributed by atoms with Crippen molar-refractivity contribution >= 4 is 43.9 Å². The molecule has 0 radical (unpaired) electrons. The highest BCUT2D eigenvalue weighted by molar-refractivity contribution is 6.13. The van der Waals surface area contributed by atoms with Gasteiger partial charge < -0.3 is 8.83 Å². The number of aromatic nitrogens is 3. The smallest absolute Gasteiger partial charge is 0.164 e. The van der Waals surface area contributed by atoms with Crippen LogP contribution >= 0.6 is 0 Å². The Morgan fingerprint density at radius 2 is 0.915 bits per heavy atom. The fraction of sp³-hybridized carbons (Fsp3) is 0.0556. The van der Waals surface area contributed by atoms with Gasteiger partial charge in [-0.25, -0.2) is 15.0 Å². The molecule has 0 amide bonds. The zero-order valence-electron chi connectivity index (χ0n) is 32.4. The monoisotopic (exact) mass is 757 g/mol. The highest BCUT2D eigenvalue weighted by Crippen LogP contribution is 2.49. The summed E-state index contributed by atoms with van der Waals surface area (Å²) in [7, 11) is 0. The number of rotatable bonds is 5. The van der Waals surface area contributed by atoms with Crippen LogP contribution < -0.4 is 0 Å². The molecule has 8 aromatic carbocycles. The molecule has 11 aromatic rings. The van der Waals surface area contributed by atoms with Gasteiger partial charge in [0.05, 0.1) is 0 Å². The normalized spacial score (nSPS) is 13.1. The van der Waals surface area contributed by atoms with Gasteiger partial charge in [0, 0.05) is 43.7 Å². The van der Waals surface area contributed by atoms with E-state index in [0.29, 0.717) is 17.5 Å². The zero-order chi connectivity index (χ0) is 39.2. The van der Waals surface area contributed by atoms with Crippen LogP contribution in [-0.4, -0.2) is 15.0 Å². The molecule has 278 valence electrons. The second-order valence-electron chi connectivity index (χ2n) is 16.0. The number of benzene rings is 8. The predicted octanol–water partition coefficient (Wildman–Crippen LogP) is 14.3. The van der Waals surface area contributed by atoms with E-state index in [2.05, 4.69) is 123 Å². The van der Waals surface area contributed by atoms with Crippen LogP contribution in [0.1, 0.15) is 25.0 Å². The van der Waals surface area contributed by atoms with E-state index in [1.54, 1.807) is 0 Å². The summed E-state index contributed by atoms with van der Waals surface area (Å²) < 4.78 is 12.7. The number of nitrogens with zero attached hydrogens (tertiary/aromatic N) is 3. The number of fused-ring (bicyclic) bond motifs is 9. The van der Waals surface area contributed by atoms with Gasteiger partial charge in [-0.1, -0.05) is 147 Å². The zero-order valence-corrected chi connectivity index (χ0v) is 32.4. The molecule has 3 heterocycles. The average Bonchev–Trinajstić information content (AvgIpc) is 3.93. The molecule has 0 atom stereocenters. The first-order chi connectivity index (χ1) is 29.0. The quantitative estimate of drug-likeness (QED) is 0.175. The van der Waals surface area contributed by atoms with Crippen molar-refractivity contribution in [3.8, 4) is 67.5 Å². The molecule has 1 aliphatic carbocycles. The van der Waals surface area contributed by atoms with Crippen molar-refractivity contribution in [3.05, 3.63) is 187 Å². The summed E-state index contributed by atoms with van der Waals surface area (Å²) in [6.07, 6.45) is 0. The molecule has 0 aliphatic heterocycles. The van der Waals surface area contributed by atoms with Crippen molar-refractivity contribution in [1.82, 2.24) is 15.0 Å². The van der Waals surface area contributed by atoms with Crippen molar-refractivity contribution in [2.24, 2.45) is 0 Å². The Hall–Kier alpha value is -7.63. The Balaban J connectivity index is 0.954. The molecule has 12 rings (SSSR count). The lowest BCUT2D eigenvalue weighted by molar-refractivity contribution is 0.660. The van der Waals surface area contributed by atoms with E-state index in [-0.39, 0.29) is 5.41 Å². The summed E-state index contributed by atoms with van der Waals surface area (Å²) >= 11 is 0. The standard InChI is InChI=1S/C54H35N3O2/c1-54(2)44-16-8-6-13-38(44)42-29-35(24-27-45(42)54)32-19-21-33(22-20-32)36-25-28-47-43(30-36)50-41(15-10-18-48(50)58-47)53-56-51(34-11-4-3-5-12-34)55-52(57-53)37-23-26-40-39-14-7-9-17-46(39)59-49(40)31-37/h3-31H,1-2H3. The molecule has 0 unspecified atom stereocenters. The van der Waals surface area contributed by atoms with E-state index in [0.717, 1.165) is 71.7 Å². The van der Waals surface area contributed by atoms with Crippen molar-refractivity contribution in [1.29, 1.82) is 0 Å². The largest absolute Gasteiger partial charge is 0.456 e. The molecular formula is C54H35N3O2. The molecular weight excluding hydrogens is 723 g/mol. The van der Waals surface area contributed by atoms with Crippen molar-refractivity contribution in [2.75, 3.05) is 0 Å². The molecule has 5 nitrogen and oxygen atoms in total. The average molecular weight is 758 g/mol. The second kappa shape index (κ2) is 12.7. The first-order valence-electron chi connectivity index (χ1n) is 20.0. The van der Waals surface area contributed by atoms with Gasteiger partial charge in [-0.15, -0.1) is 0 Å². The third kappa shape index (κ3) is 5.28.